The van der Waals surface area contributed by atoms with E-state index in [0.29, 0.717) is 39.2 Å². The number of rotatable bonds is 5. The average Bonchev–Trinajstić information content (AvgIpc) is 3.69. The molecule has 9 nitrogen and oxygen atoms in total. The van der Waals surface area contributed by atoms with Crippen LogP contribution in [0.2, 0.25) is 0 Å². The lowest BCUT2D eigenvalue weighted by atomic mass is 10.1. The second kappa shape index (κ2) is 8.82. The molecule has 0 atom stereocenters. The first-order valence-corrected chi connectivity index (χ1v) is 12.2. The van der Waals surface area contributed by atoms with Crippen molar-refractivity contribution < 1.29 is 4.39 Å². The Balaban J connectivity index is 1.32. The van der Waals surface area contributed by atoms with Gasteiger partial charge in [-0.3, -0.25) is 29.9 Å². The van der Waals surface area contributed by atoms with Crippen molar-refractivity contribution in [2.24, 2.45) is 0 Å². The molecule has 0 saturated carbocycles. The van der Waals surface area contributed by atoms with E-state index < -0.39 is 5.82 Å². The van der Waals surface area contributed by atoms with E-state index in [1.165, 1.54) is 12.8 Å². The van der Waals surface area contributed by atoms with Crippen molar-refractivity contribution in [1.29, 1.82) is 0 Å². The van der Waals surface area contributed by atoms with Gasteiger partial charge >= 0.3 is 0 Å². The van der Waals surface area contributed by atoms with Crippen molar-refractivity contribution in [3.63, 3.8) is 0 Å². The van der Waals surface area contributed by atoms with Crippen LogP contribution in [0.5, 0.6) is 0 Å². The van der Waals surface area contributed by atoms with Gasteiger partial charge in [0.05, 0.1) is 28.3 Å². The minimum absolute atomic E-state index is 0.236. The summed E-state index contributed by atoms with van der Waals surface area (Å²) in [6, 6.07) is 7.58. The Hall–Kier alpha value is -4.57. The maximum atomic E-state index is 16.0. The minimum Gasteiger partial charge on any atom is -0.336 e. The third-order valence-electron chi connectivity index (χ3n) is 6.78. The lowest BCUT2D eigenvalue weighted by Crippen LogP contribution is -2.18. The molecule has 1 saturated heterocycles. The van der Waals surface area contributed by atoms with Gasteiger partial charge in [-0.15, -0.1) is 0 Å². The predicted molar refractivity (Wildman–Crippen MR) is 138 cm³/mol. The zero-order valence-electron chi connectivity index (χ0n) is 19.8. The van der Waals surface area contributed by atoms with Crippen LogP contribution in [0.4, 0.5) is 4.39 Å². The van der Waals surface area contributed by atoms with Gasteiger partial charge in [-0.2, -0.15) is 5.10 Å². The van der Waals surface area contributed by atoms with Crippen molar-refractivity contribution in [3.8, 4) is 34.0 Å². The molecule has 0 amide bonds. The van der Waals surface area contributed by atoms with Crippen molar-refractivity contribution in [3.05, 3.63) is 72.8 Å². The topological polar surface area (TPSA) is 112 Å². The molecule has 10 heteroatoms. The number of pyridine rings is 4. The summed E-state index contributed by atoms with van der Waals surface area (Å²) in [7, 11) is 0. The molecule has 1 aliphatic heterocycles. The molecule has 0 aromatic carbocycles. The highest BCUT2D eigenvalue weighted by atomic mass is 19.1. The number of likely N-dealkylation sites (tertiary alicyclic amines) is 1. The van der Waals surface area contributed by atoms with Crippen LogP contribution in [0.15, 0.2) is 61.4 Å². The first-order valence-electron chi connectivity index (χ1n) is 12.2. The molecule has 0 aliphatic carbocycles. The Morgan fingerprint density at radius 1 is 0.865 bits per heavy atom. The number of H-pyrrole nitrogens is 2. The van der Waals surface area contributed by atoms with E-state index in [9.17, 15) is 0 Å². The largest absolute Gasteiger partial charge is 0.336 e. The number of halogens is 1. The second-order valence-corrected chi connectivity index (χ2v) is 9.23. The SMILES string of the molecule is Fc1c(-c2cncc(CN3CCCC3)c2)ncc2[nH]nc(-c3nc4c(-c5cccnc5)nccc4[nH]3)c12. The first-order chi connectivity index (χ1) is 18.2. The molecular formula is C27H22FN9. The van der Waals surface area contributed by atoms with E-state index in [4.69, 9.17) is 4.98 Å². The zero-order valence-corrected chi connectivity index (χ0v) is 19.8. The molecule has 1 fully saturated rings. The van der Waals surface area contributed by atoms with E-state index >= 15 is 4.39 Å². The lowest BCUT2D eigenvalue weighted by molar-refractivity contribution is 0.331. The Morgan fingerprint density at radius 2 is 1.76 bits per heavy atom. The zero-order chi connectivity index (χ0) is 24.8. The van der Waals surface area contributed by atoms with Crippen LogP contribution in [0.3, 0.4) is 0 Å². The second-order valence-electron chi connectivity index (χ2n) is 9.23. The number of hydrogen-bond acceptors (Lipinski definition) is 7. The molecule has 7 heterocycles. The monoisotopic (exact) mass is 491 g/mol. The summed E-state index contributed by atoms with van der Waals surface area (Å²) in [5.74, 6) is -0.0243. The van der Waals surface area contributed by atoms with Gasteiger partial charge < -0.3 is 4.98 Å². The van der Waals surface area contributed by atoms with Crippen LogP contribution >= 0.6 is 0 Å². The summed E-state index contributed by atoms with van der Waals surface area (Å²) in [6.45, 7) is 2.96. The van der Waals surface area contributed by atoms with Crippen molar-refractivity contribution in [2.45, 2.75) is 19.4 Å². The van der Waals surface area contributed by atoms with Crippen LogP contribution in [0.1, 0.15) is 18.4 Å². The average molecular weight is 492 g/mol. The fourth-order valence-corrected chi connectivity index (χ4v) is 5.01. The molecule has 0 unspecified atom stereocenters. The van der Waals surface area contributed by atoms with Crippen LogP contribution < -0.4 is 0 Å². The van der Waals surface area contributed by atoms with E-state index in [1.54, 1.807) is 31.0 Å². The molecular weight excluding hydrogens is 469 g/mol. The standard InChI is InChI=1S/C27H22FN9/c28-22-21-20(14-32-23(22)18-10-16(11-30-13-18)15-37-8-1-2-9-37)35-36-26(21)27-33-19-5-7-31-24(25(19)34-27)17-4-3-6-29-12-17/h3-7,10-14H,1-2,8-9,15H2,(H,33,34)(H,35,36). The van der Waals surface area contributed by atoms with E-state index in [2.05, 4.69) is 40.0 Å². The highest BCUT2D eigenvalue weighted by Crippen LogP contribution is 2.34. The van der Waals surface area contributed by atoms with Gasteiger partial charge in [0.25, 0.3) is 0 Å². The Kier molecular flexibility index (Phi) is 5.17. The smallest absolute Gasteiger partial charge is 0.161 e. The molecule has 7 rings (SSSR count). The predicted octanol–water partition coefficient (Wildman–Crippen LogP) is 4.76. The van der Waals surface area contributed by atoms with Crippen molar-refractivity contribution >= 4 is 21.9 Å². The number of imidazole rings is 1. The fraction of sp³-hybridized carbons (Fsp3) is 0.185. The number of nitrogens with zero attached hydrogens (tertiary/aromatic N) is 7. The molecule has 1 aliphatic rings. The van der Waals surface area contributed by atoms with Crippen LogP contribution in [0, 0.1) is 5.82 Å². The molecule has 37 heavy (non-hydrogen) atoms. The fourth-order valence-electron chi connectivity index (χ4n) is 5.01. The number of hydrogen-bond donors (Lipinski definition) is 2. The quantitative estimate of drug-likeness (QED) is 0.358. The third-order valence-corrected chi connectivity index (χ3v) is 6.78. The highest BCUT2D eigenvalue weighted by molar-refractivity contribution is 5.97. The molecule has 0 spiro atoms. The van der Waals surface area contributed by atoms with Gasteiger partial charge in [-0.25, -0.2) is 9.37 Å². The van der Waals surface area contributed by atoms with Gasteiger partial charge in [0.1, 0.15) is 16.9 Å². The Morgan fingerprint density at radius 3 is 2.62 bits per heavy atom. The molecule has 0 bridgehead atoms. The molecule has 2 N–H and O–H groups in total. The van der Waals surface area contributed by atoms with Gasteiger partial charge in [-0.05, 0) is 55.8 Å². The maximum absolute atomic E-state index is 16.0. The van der Waals surface area contributed by atoms with Gasteiger partial charge in [0, 0.05) is 48.7 Å². The van der Waals surface area contributed by atoms with Crippen LogP contribution in [-0.4, -0.2) is 58.1 Å². The van der Waals surface area contributed by atoms with E-state index in [1.807, 2.05) is 30.5 Å². The number of aromatic nitrogens is 8. The molecule has 0 radical (unpaired) electrons. The summed E-state index contributed by atoms with van der Waals surface area (Å²) < 4.78 is 16.0. The van der Waals surface area contributed by atoms with Crippen LogP contribution in [0.25, 0.3) is 56.0 Å². The molecule has 6 aromatic heterocycles. The van der Waals surface area contributed by atoms with E-state index in [-0.39, 0.29) is 5.69 Å². The van der Waals surface area contributed by atoms with Crippen molar-refractivity contribution in [1.82, 2.24) is 45.0 Å². The Labute approximate surface area is 210 Å². The van der Waals surface area contributed by atoms with Crippen molar-refractivity contribution in [2.75, 3.05) is 13.1 Å². The van der Waals surface area contributed by atoms with Gasteiger partial charge in [0.15, 0.2) is 11.6 Å². The lowest BCUT2D eigenvalue weighted by Gasteiger charge is -2.14. The number of aromatic amines is 2. The summed E-state index contributed by atoms with van der Waals surface area (Å²) in [6.07, 6.45) is 12.7. The first kappa shape index (κ1) is 21.7. The maximum Gasteiger partial charge on any atom is 0.161 e. The third kappa shape index (κ3) is 3.82. The summed E-state index contributed by atoms with van der Waals surface area (Å²) >= 11 is 0. The highest BCUT2D eigenvalue weighted by Gasteiger charge is 2.22. The summed E-state index contributed by atoms with van der Waals surface area (Å²) in [4.78, 5) is 27.9. The Bertz CT molecular complexity index is 1740. The summed E-state index contributed by atoms with van der Waals surface area (Å²) in [5, 5.41) is 7.61. The number of nitrogens with one attached hydrogen (secondary N) is 2. The normalized spacial score (nSPS) is 14.2. The minimum atomic E-state index is -0.465. The van der Waals surface area contributed by atoms with Gasteiger partial charge in [-0.1, -0.05) is 0 Å². The number of fused-ring (bicyclic) bond motifs is 2. The molecule has 182 valence electrons. The van der Waals surface area contributed by atoms with Gasteiger partial charge in [0.2, 0.25) is 0 Å². The summed E-state index contributed by atoms with van der Waals surface area (Å²) in [5.41, 5.74) is 5.75. The van der Waals surface area contributed by atoms with E-state index in [0.717, 1.165) is 36.3 Å². The molecule has 6 aromatic rings. The van der Waals surface area contributed by atoms with Crippen LogP contribution in [-0.2, 0) is 6.54 Å².